The van der Waals surface area contributed by atoms with Crippen LogP contribution in [-0.4, -0.2) is 29.1 Å². The third kappa shape index (κ3) is 2.66. The molecule has 1 aliphatic carbocycles. The molecule has 1 spiro atoms. The van der Waals surface area contributed by atoms with Crippen LogP contribution in [0.25, 0.3) is 0 Å². The van der Waals surface area contributed by atoms with Gasteiger partial charge in [-0.2, -0.15) is 0 Å². The molecule has 0 radical (unpaired) electrons. The Balaban J connectivity index is 1.60. The van der Waals surface area contributed by atoms with E-state index in [0.29, 0.717) is 0 Å². The Morgan fingerprint density at radius 3 is 2.79 bits per heavy atom. The zero-order valence-corrected chi connectivity index (χ0v) is 11.2. The second-order valence-corrected chi connectivity index (χ2v) is 6.22. The maximum Gasteiger partial charge on any atom is 0.306 e. The Hall–Kier alpha value is -1.35. The van der Waals surface area contributed by atoms with Gasteiger partial charge in [-0.3, -0.25) is 9.69 Å². The Kier molecular flexibility index (Phi) is 3.31. The molecular formula is C16H21NO2. The maximum atomic E-state index is 11.1. The standard InChI is InChI=1S/C16H21NO2/c18-15(19)14-6-7-16(10-14)8-9-17(12-16)11-13-4-2-1-3-5-13/h1-5,14H,6-12H2,(H,18,19). The number of carboxylic acid groups (broad SMARTS) is 1. The van der Waals surface area contributed by atoms with Crippen molar-refractivity contribution in [2.24, 2.45) is 11.3 Å². The summed E-state index contributed by atoms with van der Waals surface area (Å²) in [5.74, 6) is -0.699. The normalized spacial score (nSPS) is 31.1. The van der Waals surface area contributed by atoms with Crippen molar-refractivity contribution in [2.75, 3.05) is 13.1 Å². The van der Waals surface area contributed by atoms with Gasteiger partial charge in [-0.15, -0.1) is 0 Å². The Morgan fingerprint density at radius 1 is 1.32 bits per heavy atom. The fourth-order valence-electron chi connectivity index (χ4n) is 3.79. The predicted molar refractivity (Wildman–Crippen MR) is 73.7 cm³/mol. The summed E-state index contributed by atoms with van der Waals surface area (Å²) in [4.78, 5) is 13.6. The van der Waals surface area contributed by atoms with Gasteiger partial charge in [0.25, 0.3) is 0 Å². The molecule has 0 bridgehead atoms. The van der Waals surface area contributed by atoms with Crippen molar-refractivity contribution in [2.45, 2.75) is 32.2 Å². The molecule has 102 valence electrons. The molecule has 1 saturated carbocycles. The average Bonchev–Trinajstić information content (AvgIpc) is 2.99. The third-order valence-corrected chi connectivity index (χ3v) is 4.82. The first-order chi connectivity index (χ1) is 9.17. The minimum absolute atomic E-state index is 0.100. The van der Waals surface area contributed by atoms with Crippen LogP contribution in [0.1, 0.15) is 31.2 Å². The summed E-state index contributed by atoms with van der Waals surface area (Å²) in [6, 6.07) is 10.5. The first-order valence-corrected chi connectivity index (χ1v) is 7.16. The number of rotatable bonds is 3. The van der Waals surface area contributed by atoms with E-state index in [1.165, 1.54) is 12.0 Å². The lowest BCUT2D eigenvalue weighted by molar-refractivity contribution is -0.141. The van der Waals surface area contributed by atoms with Gasteiger partial charge in [-0.25, -0.2) is 0 Å². The van der Waals surface area contributed by atoms with Crippen molar-refractivity contribution in [1.82, 2.24) is 4.90 Å². The van der Waals surface area contributed by atoms with Crippen LogP contribution in [0.5, 0.6) is 0 Å². The zero-order valence-electron chi connectivity index (χ0n) is 11.2. The van der Waals surface area contributed by atoms with Gasteiger partial charge in [0.05, 0.1) is 5.92 Å². The minimum Gasteiger partial charge on any atom is -0.481 e. The van der Waals surface area contributed by atoms with Crippen LogP contribution in [-0.2, 0) is 11.3 Å². The summed E-state index contributed by atoms with van der Waals surface area (Å²) in [7, 11) is 0. The van der Waals surface area contributed by atoms with Gasteiger partial charge in [0.1, 0.15) is 0 Å². The highest BCUT2D eigenvalue weighted by atomic mass is 16.4. The minimum atomic E-state index is -0.599. The van der Waals surface area contributed by atoms with E-state index in [-0.39, 0.29) is 11.3 Å². The van der Waals surface area contributed by atoms with Crippen molar-refractivity contribution in [3.8, 4) is 0 Å². The van der Waals surface area contributed by atoms with Gasteiger partial charge in [0.15, 0.2) is 0 Å². The molecule has 0 amide bonds. The second-order valence-electron chi connectivity index (χ2n) is 6.22. The number of nitrogens with zero attached hydrogens (tertiary/aromatic N) is 1. The highest BCUT2D eigenvalue weighted by molar-refractivity contribution is 5.70. The second kappa shape index (κ2) is 4.97. The first kappa shape index (κ1) is 12.7. The van der Waals surface area contributed by atoms with Crippen LogP contribution in [0.4, 0.5) is 0 Å². The molecule has 3 heteroatoms. The highest BCUT2D eigenvalue weighted by Crippen LogP contribution is 2.48. The maximum absolute atomic E-state index is 11.1. The van der Waals surface area contributed by atoms with Crippen molar-refractivity contribution >= 4 is 5.97 Å². The third-order valence-electron chi connectivity index (χ3n) is 4.82. The Labute approximate surface area is 114 Å². The van der Waals surface area contributed by atoms with E-state index in [9.17, 15) is 4.79 Å². The molecule has 1 aliphatic heterocycles. The molecule has 3 nitrogen and oxygen atoms in total. The molecule has 1 aromatic rings. The number of hydrogen-bond acceptors (Lipinski definition) is 2. The largest absolute Gasteiger partial charge is 0.481 e. The molecule has 1 heterocycles. The fraction of sp³-hybridized carbons (Fsp3) is 0.562. The van der Waals surface area contributed by atoms with Gasteiger partial charge in [-0.05, 0) is 43.2 Å². The highest BCUT2D eigenvalue weighted by Gasteiger charge is 2.45. The number of hydrogen-bond donors (Lipinski definition) is 1. The predicted octanol–water partition coefficient (Wildman–Crippen LogP) is 2.76. The smallest absolute Gasteiger partial charge is 0.306 e. The van der Waals surface area contributed by atoms with Crippen LogP contribution in [0.3, 0.4) is 0 Å². The Morgan fingerprint density at radius 2 is 2.11 bits per heavy atom. The van der Waals surface area contributed by atoms with Gasteiger partial charge in [-0.1, -0.05) is 30.3 Å². The van der Waals surface area contributed by atoms with E-state index in [4.69, 9.17) is 5.11 Å². The molecule has 2 fully saturated rings. The number of carboxylic acids is 1. The molecular weight excluding hydrogens is 238 g/mol. The SMILES string of the molecule is O=C(O)C1CCC2(CCN(Cc3ccccc3)C2)C1. The molecule has 1 aromatic carbocycles. The molecule has 0 aromatic heterocycles. The van der Waals surface area contributed by atoms with Crippen molar-refractivity contribution in [3.05, 3.63) is 35.9 Å². The number of aliphatic carboxylic acids is 1. The van der Waals surface area contributed by atoms with E-state index >= 15 is 0 Å². The topological polar surface area (TPSA) is 40.5 Å². The summed E-state index contributed by atoms with van der Waals surface area (Å²) in [5, 5.41) is 9.14. The van der Waals surface area contributed by atoms with E-state index in [1.807, 2.05) is 6.07 Å². The van der Waals surface area contributed by atoms with Crippen LogP contribution in [0.2, 0.25) is 0 Å². The van der Waals surface area contributed by atoms with Crippen LogP contribution < -0.4 is 0 Å². The van der Waals surface area contributed by atoms with Gasteiger partial charge in [0, 0.05) is 13.1 Å². The van der Waals surface area contributed by atoms with Gasteiger partial charge in [0.2, 0.25) is 0 Å². The summed E-state index contributed by atoms with van der Waals surface area (Å²) in [6.45, 7) is 3.19. The zero-order chi connectivity index (χ0) is 13.3. The van der Waals surface area contributed by atoms with Crippen LogP contribution in [0.15, 0.2) is 30.3 Å². The monoisotopic (exact) mass is 259 g/mol. The van der Waals surface area contributed by atoms with E-state index in [2.05, 4.69) is 29.2 Å². The molecule has 1 saturated heterocycles. The van der Waals surface area contributed by atoms with Gasteiger partial charge < -0.3 is 5.11 Å². The first-order valence-electron chi connectivity index (χ1n) is 7.16. The van der Waals surface area contributed by atoms with Crippen molar-refractivity contribution < 1.29 is 9.90 Å². The molecule has 2 aliphatic rings. The summed E-state index contributed by atoms with van der Waals surface area (Å²) in [6.07, 6.45) is 4.01. The van der Waals surface area contributed by atoms with E-state index in [0.717, 1.165) is 38.9 Å². The lowest BCUT2D eigenvalue weighted by atomic mass is 9.84. The number of likely N-dealkylation sites (tertiary alicyclic amines) is 1. The molecule has 3 rings (SSSR count). The lowest BCUT2D eigenvalue weighted by Gasteiger charge is -2.24. The lowest BCUT2D eigenvalue weighted by Crippen LogP contribution is -2.25. The van der Waals surface area contributed by atoms with Crippen LogP contribution in [0, 0.1) is 11.3 Å². The molecule has 19 heavy (non-hydrogen) atoms. The summed E-state index contributed by atoms with van der Waals surface area (Å²) >= 11 is 0. The fourth-order valence-corrected chi connectivity index (χ4v) is 3.79. The van der Waals surface area contributed by atoms with Crippen molar-refractivity contribution in [1.29, 1.82) is 0 Å². The van der Waals surface area contributed by atoms with E-state index in [1.54, 1.807) is 0 Å². The summed E-state index contributed by atoms with van der Waals surface area (Å²) in [5.41, 5.74) is 1.64. The molecule has 2 unspecified atom stereocenters. The molecule has 1 N–H and O–H groups in total. The quantitative estimate of drug-likeness (QED) is 0.907. The average molecular weight is 259 g/mol. The number of carbonyl (C=O) groups is 1. The van der Waals surface area contributed by atoms with Crippen LogP contribution >= 0.6 is 0 Å². The summed E-state index contributed by atoms with van der Waals surface area (Å²) < 4.78 is 0. The Bertz CT molecular complexity index is 459. The number of benzene rings is 1. The van der Waals surface area contributed by atoms with Crippen molar-refractivity contribution in [3.63, 3.8) is 0 Å². The van der Waals surface area contributed by atoms with E-state index < -0.39 is 5.97 Å². The molecule has 2 atom stereocenters. The van der Waals surface area contributed by atoms with Gasteiger partial charge >= 0.3 is 5.97 Å².